The molecule has 0 saturated carbocycles. The normalized spacial score (nSPS) is 11.7. The van der Waals surface area contributed by atoms with Crippen LogP contribution in [0.3, 0.4) is 0 Å². The van der Waals surface area contributed by atoms with E-state index in [-0.39, 0.29) is 0 Å². The summed E-state index contributed by atoms with van der Waals surface area (Å²) in [4.78, 5) is 0. The lowest BCUT2D eigenvalue weighted by molar-refractivity contribution is 0.286. The van der Waals surface area contributed by atoms with E-state index in [4.69, 9.17) is 5.26 Å². The Morgan fingerprint density at radius 3 is 2.30 bits per heavy atom. The first kappa shape index (κ1) is 9.38. The molecule has 0 aliphatic rings. The predicted molar refractivity (Wildman–Crippen MR) is 36.4 cm³/mol. The highest BCUT2D eigenvalue weighted by molar-refractivity contribution is 7.57. The second-order valence-electron chi connectivity index (χ2n) is 1.35. The number of hydrogen-bond donors (Lipinski definition) is 0. The zero-order chi connectivity index (χ0) is 8.04. The molecular weight excluding hydrogens is 153 g/mol. The Morgan fingerprint density at radius 1 is 1.50 bits per heavy atom. The maximum atomic E-state index is 11.0. The van der Waals surface area contributed by atoms with Gasteiger partial charge in [-0.3, -0.25) is 4.57 Å². The van der Waals surface area contributed by atoms with Crippen molar-refractivity contribution in [1.29, 1.82) is 5.26 Å². The molecule has 56 valence electrons. The van der Waals surface area contributed by atoms with E-state index in [0.717, 1.165) is 11.9 Å². The van der Waals surface area contributed by atoms with Gasteiger partial charge in [-0.05, 0) is 0 Å². The summed E-state index contributed by atoms with van der Waals surface area (Å²) in [5.41, 5.74) is 0. The molecule has 0 aromatic carbocycles. The monoisotopic (exact) mass is 161 g/mol. The molecule has 0 atom stereocenters. The molecule has 0 bridgehead atoms. The molecule has 0 aromatic heterocycles. The van der Waals surface area contributed by atoms with E-state index in [1.54, 1.807) is 6.07 Å². The van der Waals surface area contributed by atoms with Crippen LogP contribution in [-0.2, 0) is 13.6 Å². The average Bonchev–Trinajstić information content (AvgIpc) is 2.00. The van der Waals surface area contributed by atoms with Crippen molar-refractivity contribution in [2.24, 2.45) is 0 Å². The third-order valence-corrected chi connectivity index (χ3v) is 2.37. The Kier molecular flexibility index (Phi) is 3.97. The molecule has 0 saturated heterocycles. The number of nitriles is 1. The minimum atomic E-state index is -3.10. The second-order valence-corrected chi connectivity index (χ2v) is 3.46. The summed E-state index contributed by atoms with van der Waals surface area (Å²) < 4.78 is 20.0. The molecule has 0 spiro atoms. The van der Waals surface area contributed by atoms with Crippen LogP contribution >= 0.6 is 7.60 Å². The lowest BCUT2D eigenvalue weighted by atomic mass is 10.7. The molecule has 0 amide bonds. The topological polar surface area (TPSA) is 59.3 Å². The highest BCUT2D eigenvalue weighted by Crippen LogP contribution is 2.47. The van der Waals surface area contributed by atoms with E-state index in [2.05, 4.69) is 9.05 Å². The van der Waals surface area contributed by atoms with Crippen LogP contribution in [0, 0.1) is 11.3 Å². The van der Waals surface area contributed by atoms with Crippen LogP contribution in [0.5, 0.6) is 0 Å². The van der Waals surface area contributed by atoms with Crippen molar-refractivity contribution in [1.82, 2.24) is 0 Å². The Hall–Kier alpha value is -0.620. The quantitative estimate of drug-likeness (QED) is 0.465. The van der Waals surface area contributed by atoms with Crippen molar-refractivity contribution in [2.75, 3.05) is 14.2 Å². The van der Waals surface area contributed by atoms with Crippen molar-refractivity contribution in [3.63, 3.8) is 0 Å². The number of nitrogens with zero attached hydrogens (tertiary/aromatic N) is 1. The second kappa shape index (κ2) is 4.24. The first-order valence-electron chi connectivity index (χ1n) is 2.47. The zero-order valence-electron chi connectivity index (χ0n) is 5.77. The molecule has 0 radical (unpaired) electrons. The number of hydrogen-bond acceptors (Lipinski definition) is 4. The first-order chi connectivity index (χ1) is 4.68. The molecule has 0 aromatic rings. The third-order valence-electron chi connectivity index (χ3n) is 0.841. The van der Waals surface area contributed by atoms with Crippen molar-refractivity contribution in [3.05, 3.63) is 11.9 Å². The zero-order valence-corrected chi connectivity index (χ0v) is 6.67. The van der Waals surface area contributed by atoms with Crippen molar-refractivity contribution >= 4 is 7.60 Å². The molecule has 0 N–H and O–H groups in total. The minimum absolute atomic E-state index is 1.06. The Morgan fingerprint density at radius 2 is 2.00 bits per heavy atom. The van der Waals surface area contributed by atoms with Crippen molar-refractivity contribution in [2.45, 2.75) is 0 Å². The fourth-order valence-corrected chi connectivity index (χ4v) is 0.963. The third kappa shape index (κ3) is 2.79. The molecule has 10 heavy (non-hydrogen) atoms. The van der Waals surface area contributed by atoms with Gasteiger partial charge in [0.05, 0.1) is 6.07 Å². The van der Waals surface area contributed by atoms with Gasteiger partial charge in [-0.15, -0.1) is 0 Å². The highest BCUT2D eigenvalue weighted by Gasteiger charge is 2.14. The van der Waals surface area contributed by atoms with E-state index >= 15 is 0 Å². The molecule has 0 rings (SSSR count). The van der Waals surface area contributed by atoms with Crippen LogP contribution < -0.4 is 0 Å². The summed E-state index contributed by atoms with van der Waals surface area (Å²) >= 11 is 0. The van der Waals surface area contributed by atoms with Gasteiger partial charge in [0.1, 0.15) is 0 Å². The molecule has 0 aliphatic heterocycles. The first-order valence-corrected chi connectivity index (χ1v) is 4.08. The van der Waals surface area contributed by atoms with Crippen LogP contribution in [0.4, 0.5) is 0 Å². The average molecular weight is 161 g/mol. The van der Waals surface area contributed by atoms with Gasteiger partial charge in [-0.25, -0.2) is 0 Å². The molecular formula is C5H8NO3P. The summed E-state index contributed by atoms with van der Waals surface area (Å²) in [5, 5.41) is 8.05. The van der Waals surface area contributed by atoms with Crippen LogP contribution in [0.25, 0.3) is 0 Å². The van der Waals surface area contributed by atoms with E-state index < -0.39 is 7.60 Å². The molecule has 0 unspecified atom stereocenters. The predicted octanol–water partition coefficient (Wildman–Crippen LogP) is 1.51. The van der Waals surface area contributed by atoms with Gasteiger partial charge >= 0.3 is 7.60 Å². The molecule has 0 aliphatic carbocycles. The minimum Gasteiger partial charge on any atom is -0.309 e. The van der Waals surface area contributed by atoms with E-state index in [0.29, 0.717) is 0 Å². The lowest BCUT2D eigenvalue weighted by Gasteiger charge is -2.06. The number of allylic oxidation sites excluding steroid dienone is 1. The molecule has 0 heterocycles. The smallest absolute Gasteiger partial charge is 0.309 e. The van der Waals surface area contributed by atoms with E-state index in [9.17, 15) is 4.57 Å². The van der Waals surface area contributed by atoms with Crippen molar-refractivity contribution in [3.8, 4) is 6.07 Å². The Bertz CT molecular complexity index is 197. The van der Waals surface area contributed by atoms with Gasteiger partial charge in [-0.1, -0.05) is 0 Å². The Labute approximate surface area is 59.6 Å². The van der Waals surface area contributed by atoms with Crippen LogP contribution in [0.1, 0.15) is 0 Å². The standard InChI is InChI=1S/C5H8NO3P/c1-8-10(7,9-2)5-3-4-6/h3,5H,1-2H3/b5-3+. The molecule has 5 heteroatoms. The van der Waals surface area contributed by atoms with Gasteiger partial charge in [-0.2, -0.15) is 5.26 Å². The summed E-state index contributed by atoms with van der Waals surface area (Å²) in [6.07, 6.45) is 1.06. The van der Waals surface area contributed by atoms with E-state index in [1.165, 1.54) is 14.2 Å². The SMILES string of the molecule is COP(=O)(/C=C/C#N)OC. The largest absolute Gasteiger partial charge is 0.354 e. The van der Waals surface area contributed by atoms with Crippen LogP contribution in [0.2, 0.25) is 0 Å². The molecule has 0 fully saturated rings. The summed E-state index contributed by atoms with van der Waals surface area (Å²) in [5.74, 6) is 1.10. The van der Waals surface area contributed by atoms with Crippen molar-refractivity contribution < 1.29 is 13.6 Å². The van der Waals surface area contributed by atoms with Crippen LogP contribution in [-0.4, -0.2) is 14.2 Å². The van der Waals surface area contributed by atoms with Gasteiger partial charge in [0.15, 0.2) is 0 Å². The molecule has 4 nitrogen and oxygen atoms in total. The van der Waals surface area contributed by atoms with E-state index in [1.807, 2.05) is 0 Å². The summed E-state index contributed by atoms with van der Waals surface area (Å²) in [6.45, 7) is 0. The maximum absolute atomic E-state index is 11.0. The maximum Gasteiger partial charge on any atom is 0.354 e. The van der Waals surface area contributed by atoms with Gasteiger partial charge < -0.3 is 9.05 Å². The van der Waals surface area contributed by atoms with Crippen LogP contribution in [0.15, 0.2) is 11.9 Å². The van der Waals surface area contributed by atoms with Gasteiger partial charge in [0.25, 0.3) is 0 Å². The fourth-order valence-electron chi connectivity index (χ4n) is 0.321. The Balaban J connectivity index is 4.25. The highest BCUT2D eigenvalue weighted by atomic mass is 31.2. The van der Waals surface area contributed by atoms with Gasteiger partial charge in [0, 0.05) is 26.1 Å². The summed E-state index contributed by atoms with van der Waals surface area (Å²) in [7, 11) is -0.589. The van der Waals surface area contributed by atoms with Gasteiger partial charge in [0.2, 0.25) is 0 Å². The fraction of sp³-hybridized carbons (Fsp3) is 0.400. The summed E-state index contributed by atoms with van der Waals surface area (Å²) in [6, 6.07) is 1.68. The lowest BCUT2D eigenvalue weighted by Crippen LogP contribution is -1.82. The number of rotatable bonds is 3.